The number of halogens is 1. The summed E-state index contributed by atoms with van der Waals surface area (Å²) in [5.41, 5.74) is 0.520. The summed E-state index contributed by atoms with van der Waals surface area (Å²) in [6.45, 7) is 5.00. The van der Waals surface area contributed by atoms with E-state index in [9.17, 15) is 8.42 Å². The number of rotatable bonds is 4. The summed E-state index contributed by atoms with van der Waals surface area (Å²) in [5.74, 6) is 0.530. The summed E-state index contributed by atoms with van der Waals surface area (Å²) < 4.78 is 32.3. The number of aryl methyl sites for hydroxylation is 1. The van der Waals surface area contributed by atoms with Gasteiger partial charge in [0.1, 0.15) is 0 Å². The predicted molar refractivity (Wildman–Crippen MR) is 79.7 cm³/mol. The summed E-state index contributed by atoms with van der Waals surface area (Å²) >= 11 is 5.68. The standard InChI is InChI=1S/C14H20ClNO3S/c1-14(2)11-19-10-9-16(14)20(17,18)13-5-3-12(4-6-13)7-8-15/h3-6H,7-11H2,1-2H3. The van der Waals surface area contributed by atoms with Crippen molar-refractivity contribution in [3.05, 3.63) is 29.8 Å². The smallest absolute Gasteiger partial charge is 0.243 e. The van der Waals surface area contributed by atoms with Crippen LogP contribution in [0, 0.1) is 0 Å². The van der Waals surface area contributed by atoms with Gasteiger partial charge in [-0.3, -0.25) is 0 Å². The second-order valence-electron chi connectivity index (χ2n) is 5.53. The first-order valence-electron chi connectivity index (χ1n) is 6.63. The summed E-state index contributed by atoms with van der Waals surface area (Å²) in [6.07, 6.45) is 0.741. The first kappa shape index (κ1) is 15.8. The van der Waals surface area contributed by atoms with Crippen molar-refractivity contribution in [2.75, 3.05) is 25.6 Å². The van der Waals surface area contributed by atoms with Gasteiger partial charge in [0.15, 0.2) is 0 Å². The highest BCUT2D eigenvalue weighted by molar-refractivity contribution is 7.89. The third-order valence-electron chi connectivity index (χ3n) is 3.46. The zero-order valence-corrected chi connectivity index (χ0v) is 13.4. The normalized spacial score (nSPS) is 19.9. The van der Waals surface area contributed by atoms with E-state index < -0.39 is 15.6 Å². The van der Waals surface area contributed by atoms with Crippen LogP contribution in [0.1, 0.15) is 19.4 Å². The van der Waals surface area contributed by atoms with E-state index >= 15 is 0 Å². The van der Waals surface area contributed by atoms with Gasteiger partial charge in [-0.1, -0.05) is 12.1 Å². The molecule has 0 spiro atoms. The third-order valence-corrected chi connectivity index (χ3v) is 5.78. The van der Waals surface area contributed by atoms with E-state index in [2.05, 4.69) is 0 Å². The van der Waals surface area contributed by atoms with Gasteiger partial charge in [0.25, 0.3) is 0 Å². The quantitative estimate of drug-likeness (QED) is 0.800. The fraction of sp³-hybridized carbons (Fsp3) is 0.571. The van der Waals surface area contributed by atoms with Crippen molar-refractivity contribution in [1.29, 1.82) is 0 Å². The number of benzene rings is 1. The van der Waals surface area contributed by atoms with Gasteiger partial charge in [0, 0.05) is 12.4 Å². The molecule has 112 valence electrons. The minimum absolute atomic E-state index is 0.325. The van der Waals surface area contributed by atoms with Crippen LogP contribution in [-0.4, -0.2) is 43.9 Å². The van der Waals surface area contributed by atoms with Crippen LogP contribution in [0.25, 0.3) is 0 Å². The second kappa shape index (κ2) is 6.02. The first-order valence-corrected chi connectivity index (χ1v) is 8.61. The van der Waals surface area contributed by atoms with Crippen molar-refractivity contribution in [2.45, 2.75) is 30.7 Å². The van der Waals surface area contributed by atoms with Gasteiger partial charge in [0.05, 0.1) is 23.6 Å². The molecule has 20 heavy (non-hydrogen) atoms. The van der Waals surface area contributed by atoms with E-state index in [0.29, 0.717) is 30.5 Å². The van der Waals surface area contributed by atoms with Crippen LogP contribution in [0.2, 0.25) is 0 Å². The van der Waals surface area contributed by atoms with Crippen LogP contribution in [0.15, 0.2) is 29.2 Å². The molecule has 0 bridgehead atoms. The molecule has 0 unspecified atom stereocenters. The Morgan fingerprint density at radius 3 is 2.50 bits per heavy atom. The van der Waals surface area contributed by atoms with Gasteiger partial charge in [-0.15, -0.1) is 11.6 Å². The van der Waals surface area contributed by atoms with Crippen molar-refractivity contribution < 1.29 is 13.2 Å². The zero-order valence-electron chi connectivity index (χ0n) is 11.8. The molecule has 1 heterocycles. The minimum atomic E-state index is -3.48. The molecule has 2 rings (SSSR count). The van der Waals surface area contributed by atoms with Crippen LogP contribution in [0.3, 0.4) is 0 Å². The number of hydrogen-bond donors (Lipinski definition) is 0. The fourth-order valence-corrected chi connectivity index (χ4v) is 4.33. The third kappa shape index (κ3) is 3.17. The summed E-state index contributed by atoms with van der Waals surface area (Å²) in [4.78, 5) is 0.325. The van der Waals surface area contributed by atoms with Gasteiger partial charge in [-0.2, -0.15) is 4.31 Å². The average molecular weight is 318 g/mol. The number of alkyl halides is 1. The molecule has 0 N–H and O–H groups in total. The fourth-order valence-electron chi connectivity index (χ4n) is 2.35. The van der Waals surface area contributed by atoms with E-state index in [-0.39, 0.29) is 0 Å². The monoisotopic (exact) mass is 317 g/mol. The topological polar surface area (TPSA) is 46.6 Å². The maximum absolute atomic E-state index is 12.7. The lowest BCUT2D eigenvalue weighted by Gasteiger charge is -2.40. The zero-order chi connectivity index (χ0) is 14.8. The highest BCUT2D eigenvalue weighted by Gasteiger charge is 2.39. The second-order valence-corrected chi connectivity index (χ2v) is 7.77. The van der Waals surface area contributed by atoms with Crippen molar-refractivity contribution in [3.8, 4) is 0 Å². The number of sulfonamides is 1. The Bertz CT molecular complexity index is 554. The molecule has 1 aromatic carbocycles. The van der Waals surface area contributed by atoms with Crippen molar-refractivity contribution in [1.82, 2.24) is 4.31 Å². The molecule has 0 saturated carbocycles. The number of morpholine rings is 1. The predicted octanol–water partition coefficient (Wildman–Crippen LogP) is 2.27. The van der Waals surface area contributed by atoms with Crippen molar-refractivity contribution >= 4 is 21.6 Å². The maximum atomic E-state index is 12.7. The van der Waals surface area contributed by atoms with E-state index in [1.54, 1.807) is 12.1 Å². The molecule has 1 aliphatic rings. The molecule has 1 aromatic rings. The molecule has 1 aliphatic heterocycles. The Hall–Kier alpha value is -0.620. The molecule has 0 atom stereocenters. The van der Waals surface area contributed by atoms with Gasteiger partial charge < -0.3 is 4.74 Å². The van der Waals surface area contributed by atoms with Gasteiger partial charge in [-0.25, -0.2) is 8.42 Å². The largest absolute Gasteiger partial charge is 0.378 e. The SMILES string of the molecule is CC1(C)COCCN1S(=O)(=O)c1ccc(CCCl)cc1. The molecule has 1 fully saturated rings. The lowest BCUT2D eigenvalue weighted by Crippen LogP contribution is -2.55. The Morgan fingerprint density at radius 1 is 1.30 bits per heavy atom. The molecule has 6 heteroatoms. The average Bonchev–Trinajstić information content (AvgIpc) is 2.39. The molecule has 0 radical (unpaired) electrons. The first-order chi connectivity index (χ1) is 9.38. The number of nitrogens with zero attached hydrogens (tertiary/aromatic N) is 1. The highest BCUT2D eigenvalue weighted by atomic mass is 35.5. The molecule has 0 aliphatic carbocycles. The Labute approximate surface area is 125 Å². The lowest BCUT2D eigenvalue weighted by molar-refractivity contribution is -0.00770. The van der Waals surface area contributed by atoms with Crippen LogP contribution in [0.5, 0.6) is 0 Å². The molecule has 0 amide bonds. The number of hydrogen-bond acceptors (Lipinski definition) is 3. The Balaban J connectivity index is 2.29. The molecule has 1 saturated heterocycles. The van der Waals surface area contributed by atoms with Gasteiger partial charge in [-0.05, 0) is 38.0 Å². The molecule has 0 aromatic heterocycles. The van der Waals surface area contributed by atoms with E-state index in [4.69, 9.17) is 16.3 Å². The Morgan fingerprint density at radius 2 is 1.95 bits per heavy atom. The van der Waals surface area contributed by atoms with E-state index in [1.807, 2.05) is 26.0 Å². The van der Waals surface area contributed by atoms with Crippen molar-refractivity contribution in [2.24, 2.45) is 0 Å². The van der Waals surface area contributed by atoms with Gasteiger partial charge >= 0.3 is 0 Å². The summed E-state index contributed by atoms with van der Waals surface area (Å²) in [5, 5.41) is 0. The summed E-state index contributed by atoms with van der Waals surface area (Å²) in [7, 11) is -3.48. The van der Waals surface area contributed by atoms with Crippen LogP contribution in [0.4, 0.5) is 0 Å². The molecular weight excluding hydrogens is 298 g/mol. The summed E-state index contributed by atoms with van der Waals surface area (Å²) in [6, 6.07) is 6.96. The van der Waals surface area contributed by atoms with E-state index in [1.165, 1.54) is 4.31 Å². The molecular formula is C14H20ClNO3S. The Kier molecular flexibility index (Phi) is 4.74. The molecule has 4 nitrogen and oxygen atoms in total. The van der Waals surface area contributed by atoms with Crippen LogP contribution < -0.4 is 0 Å². The van der Waals surface area contributed by atoms with Crippen LogP contribution >= 0.6 is 11.6 Å². The maximum Gasteiger partial charge on any atom is 0.243 e. The highest BCUT2D eigenvalue weighted by Crippen LogP contribution is 2.27. The van der Waals surface area contributed by atoms with Crippen molar-refractivity contribution in [3.63, 3.8) is 0 Å². The van der Waals surface area contributed by atoms with Crippen LogP contribution in [-0.2, 0) is 21.2 Å². The number of ether oxygens (including phenoxy) is 1. The van der Waals surface area contributed by atoms with Gasteiger partial charge in [0.2, 0.25) is 10.0 Å². The minimum Gasteiger partial charge on any atom is -0.378 e. The van der Waals surface area contributed by atoms with E-state index in [0.717, 1.165) is 12.0 Å². The lowest BCUT2D eigenvalue weighted by atomic mass is 10.1.